The SMILES string of the molecule is CON(C)C(=O)C(NS(=O)(=O)c1ccccc1F)C(C)C. The summed E-state index contributed by atoms with van der Waals surface area (Å²) in [5.74, 6) is -1.77. The van der Waals surface area contributed by atoms with Crippen LogP contribution in [0.3, 0.4) is 0 Å². The number of benzene rings is 1. The number of hydrogen-bond acceptors (Lipinski definition) is 4. The van der Waals surface area contributed by atoms with Crippen molar-refractivity contribution in [2.75, 3.05) is 14.2 Å². The summed E-state index contributed by atoms with van der Waals surface area (Å²) in [5.41, 5.74) is 0. The van der Waals surface area contributed by atoms with E-state index in [1.165, 1.54) is 26.3 Å². The number of sulfonamides is 1. The number of carbonyl (C=O) groups is 1. The van der Waals surface area contributed by atoms with E-state index >= 15 is 0 Å². The van der Waals surface area contributed by atoms with Crippen molar-refractivity contribution in [2.45, 2.75) is 24.8 Å². The molecule has 1 atom stereocenters. The molecule has 0 saturated carbocycles. The van der Waals surface area contributed by atoms with Gasteiger partial charge in [-0.05, 0) is 18.1 Å². The molecule has 0 saturated heterocycles. The van der Waals surface area contributed by atoms with Crippen LogP contribution in [-0.4, -0.2) is 39.6 Å². The number of hydroxylamine groups is 2. The number of rotatable bonds is 6. The number of halogens is 1. The molecule has 21 heavy (non-hydrogen) atoms. The molecule has 0 aromatic heterocycles. The molecule has 1 aromatic carbocycles. The zero-order valence-electron chi connectivity index (χ0n) is 12.3. The van der Waals surface area contributed by atoms with Crippen LogP contribution in [0.4, 0.5) is 4.39 Å². The Balaban J connectivity index is 3.09. The predicted molar refractivity (Wildman–Crippen MR) is 75.1 cm³/mol. The van der Waals surface area contributed by atoms with Crippen LogP contribution in [0.2, 0.25) is 0 Å². The first kappa shape index (κ1) is 17.5. The Bertz CT molecular complexity index is 604. The van der Waals surface area contributed by atoms with Gasteiger partial charge in [0.25, 0.3) is 5.91 Å². The predicted octanol–water partition coefficient (Wildman–Crippen LogP) is 1.15. The summed E-state index contributed by atoms with van der Waals surface area (Å²) in [6.45, 7) is 3.35. The van der Waals surface area contributed by atoms with Crippen LogP contribution in [0, 0.1) is 11.7 Å². The highest BCUT2D eigenvalue weighted by molar-refractivity contribution is 7.89. The van der Waals surface area contributed by atoms with Gasteiger partial charge in [0.1, 0.15) is 16.8 Å². The smallest absolute Gasteiger partial charge is 0.264 e. The zero-order valence-corrected chi connectivity index (χ0v) is 13.1. The second kappa shape index (κ2) is 6.97. The fourth-order valence-electron chi connectivity index (χ4n) is 1.65. The standard InChI is InChI=1S/C13H19FN2O4S/c1-9(2)12(13(17)16(3)20-4)15-21(18,19)11-8-6-5-7-10(11)14/h5-9,12,15H,1-4H3. The van der Waals surface area contributed by atoms with Gasteiger partial charge in [-0.1, -0.05) is 26.0 Å². The molecule has 1 aromatic rings. The first-order valence-corrected chi connectivity index (χ1v) is 7.77. The van der Waals surface area contributed by atoms with Crippen molar-refractivity contribution in [1.82, 2.24) is 9.79 Å². The lowest BCUT2D eigenvalue weighted by molar-refractivity contribution is -0.171. The van der Waals surface area contributed by atoms with Crippen LogP contribution < -0.4 is 4.72 Å². The van der Waals surface area contributed by atoms with Gasteiger partial charge in [-0.15, -0.1) is 0 Å². The van der Waals surface area contributed by atoms with Crippen LogP contribution in [0.15, 0.2) is 29.2 Å². The van der Waals surface area contributed by atoms with E-state index in [0.717, 1.165) is 17.2 Å². The van der Waals surface area contributed by atoms with Gasteiger partial charge in [-0.3, -0.25) is 9.63 Å². The van der Waals surface area contributed by atoms with Gasteiger partial charge in [-0.25, -0.2) is 17.9 Å². The Labute approximate surface area is 123 Å². The Morgan fingerprint density at radius 3 is 2.38 bits per heavy atom. The van der Waals surface area contributed by atoms with Gasteiger partial charge >= 0.3 is 0 Å². The summed E-state index contributed by atoms with van der Waals surface area (Å²) in [5, 5.41) is 0.925. The molecule has 0 radical (unpaired) electrons. The third-order valence-electron chi connectivity index (χ3n) is 2.93. The zero-order chi connectivity index (χ0) is 16.2. The van der Waals surface area contributed by atoms with E-state index in [1.807, 2.05) is 0 Å². The maximum absolute atomic E-state index is 13.6. The van der Waals surface area contributed by atoms with Crippen molar-refractivity contribution < 1.29 is 22.4 Å². The molecule has 1 unspecified atom stereocenters. The molecule has 0 spiro atoms. The largest absolute Gasteiger partial charge is 0.275 e. The highest BCUT2D eigenvalue weighted by atomic mass is 32.2. The molecule has 0 aliphatic rings. The van der Waals surface area contributed by atoms with Crippen LogP contribution in [0.1, 0.15) is 13.8 Å². The van der Waals surface area contributed by atoms with Crippen molar-refractivity contribution >= 4 is 15.9 Å². The minimum atomic E-state index is -4.15. The van der Waals surface area contributed by atoms with E-state index in [9.17, 15) is 17.6 Å². The van der Waals surface area contributed by atoms with Crippen molar-refractivity contribution in [1.29, 1.82) is 0 Å². The lowest BCUT2D eigenvalue weighted by atomic mass is 10.1. The normalized spacial score (nSPS) is 13.2. The maximum Gasteiger partial charge on any atom is 0.264 e. The number of carbonyl (C=O) groups excluding carboxylic acids is 1. The van der Waals surface area contributed by atoms with E-state index < -0.39 is 32.7 Å². The average molecular weight is 318 g/mol. The lowest BCUT2D eigenvalue weighted by Gasteiger charge is -2.25. The molecule has 8 heteroatoms. The molecular formula is C13H19FN2O4S. The van der Waals surface area contributed by atoms with Crippen molar-refractivity contribution in [3.63, 3.8) is 0 Å². The van der Waals surface area contributed by atoms with Crippen molar-refractivity contribution in [3.8, 4) is 0 Å². The number of amides is 1. The average Bonchev–Trinajstić information content (AvgIpc) is 2.43. The highest BCUT2D eigenvalue weighted by Gasteiger charge is 2.31. The monoisotopic (exact) mass is 318 g/mol. The molecule has 1 N–H and O–H groups in total. The van der Waals surface area contributed by atoms with Gasteiger partial charge in [0.15, 0.2) is 0 Å². The minimum Gasteiger partial charge on any atom is -0.275 e. The first-order chi connectivity index (χ1) is 9.70. The molecular weight excluding hydrogens is 299 g/mol. The summed E-state index contributed by atoms with van der Waals surface area (Å²) >= 11 is 0. The van der Waals surface area contributed by atoms with E-state index in [-0.39, 0.29) is 5.92 Å². The van der Waals surface area contributed by atoms with E-state index in [1.54, 1.807) is 13.8 Å². The molecule has 1 amide bonds. The highest BCUT2D eigenvalue weighted by Crippen LogP contribution is 2.16. The second-order valence-electron chi connectivity index (χ2n) is 4.79. The minimum absolute atomic E-state index is 0.336. The Morgan fingerprint density at radius 1 is 1.33 bits per heavy atom. The molecule has 0 heterocycles. The molecule has 0 bridgehead atoms. The van der Waals surface area contributed by atoms with Crippen LogP contribution >= 0.6 is 0 Å². The number of likely N-dealkylation sites (N-methyl/N-ethyl adjacent to an activating group) is 1. The summed E-state index contributed by atoms with van der Waals surface area (Å²) in [6.07, 6.45) is 0. The van der Waals surface area contributed by atoms with E-state index in [0.29, 0.717) is 0 Å². The van der Waals surface area contributed by atoms with Crippen LogP contribution in [0.5, 0.6) is 0 Å². The third kappa shape index (κ3) is 4.23. The lowest BCUT2D eigenvalue weighted by Crippen LogP contribution is -2.49. The molecule has 0 aliphatic heterocycles. The molecule has 0 aliphatic carbocycles. The van der Waals surface area contributed by atoms with Crippen molar-refractivity contribution in [2.24, 2.45) is 5.92 Å². The fraction of sp³-hybridized carbons (Fsp3) is 0.462. The molecule has 6 nitrogen and oxygen atoms in total. The quantitative estimate of drug-likeness (QED) is 0.798. The van der Waals surface area contributed by atoms with Crippen LogP contribution in [0.25, 0.3) is 0 Å². The van der Waals surface area contributed by atoms with Crippen LogP contribution in [-0.2, 0) is 19.7 Å². The van der Waals surface area contributed by atoms with Crippen molar-refractivity contribution in [3.05, 3.63) is 30.1 Å². The molecule has 1 rings (SSSR count). The number of nitrogens with zero attached hydrogens (tertiary/aromatic N) is 1. The fourth-order valence-corrected chi connectivity index (χ4v) is 3.07. The van der Waals surface area contributed by atoms with Gasteiger partial charge in [0, 0.05) is 7.05 Å². The van der Waals surface area contributed by atoms with E-state index in [2.05, 4.69) is 4.72 Å². The summed E-state index contributed by atoms with van der Waals surface area (Å²) in [7, 11) is -1.49. The third-order valence-corrected chi connectivity index (χ3v) is 4.40. The topological polar surface area (TPSA) is 75.7 Å². The number of nitrogens with one attached hydrogen (secondary N) is 1. The van der Waals surface area contributed by atoms with Gasteiger partial charge in [-0.2, -0.15) is 4.72 Å². The second-order valence-corrected chi connectivity index (χ2v) is 6.47. The molecule has 0 fully saturated rings. The Kier molecular flexibility index (Phi) is 5.82. The van der Waals surface area contributed by atoms with Gasteiger partial charge in [0.05, 0.1) is 7.11 Å². The van der Waals surface area contributed by atoms with Gasteiger partial charge in [0.2, 0.25) is 10.0 Å². The molecule has 118 valence electrons. The van der Waals surface area contributed by atoms with Gasteiger partial charge < -0.3 is 0 Å². The number of hydrogen-bond donors (Lipinski definition) is 1. The summed E-state index contributed by atoms with van der Waals surface area (Å²) in [6, 6.07) is 3.92. The first-order valence-electron chi connectivity index (χ1n) is 6.29. The Hall–Kier alpha value is -1.51. The maximum atomic E-state index is 13.6. The Morgan fingerprint density at radius 2 is 1.90 bits per heavy atom. The summed E-state index contributed by atoms with van der Waals surface area (Å²) in [4.78, 5) is 16.4. The summed E-state index contributed by atoms with van der Waals surface area (Å²) < 4.78 is 40.3. The van der Waals surface area contributed by atoms with E-state index in [4.69, 9.17) is 4.84 Å².